The van der Waals surface area contributed by atoms with Gasteiger partial charge in [-0.2, -0.15) is 11.8 Å². The van der Waals surface area contributed by atoms with E-state index in [0.29, 0.717) is 71.7 Å². The molecule has 4 atom stereocenters. The maximum Gasteiger partial charge on any atom is 0.338 e. The van der Waals surface area contributed by atoms with Gasteiger partial charge in [0.2, 0.25) is 11.8 Å². The van der Waals surface area contributed by atoms with Crippen molar-refractivity contribution in [2.45, 2.75) is 100.0 Å². The number of rotatable bonds is 24. The molecule has 17 heteroatoms. The fourth-order valence-corrected chi connectivity index (χ4v) is 9.25. The molecule has 16 nitrogen and oxygen atoms in total. The standard InChI is InChI=1S/C46H55N5O11S/c52-38(16-5-2-8-25-47-39(53)17-7-6-15-37-43-36(30-63-37)49-45(58)50-43)48-26-10-27-60-35-14-9-13-34(29-35)46(59,32-11-3-1-4-12-32)33-20-18-31(19-21-33)44(57)61-28-24-42(56)62-51-40(54)22-23-41(51)55/h1,3-4,9,11-14,18-21,29,36-37,43,59H,2,5-8,10,15-17,22-28,30H2,(H,47,53)(H,48,52)(H2,49,50,58)/t36?,37-,43?,46?/m1/s1. The first-order valence-corrected chi connectivity index (χ1v) is 22.6. The second kappa shape index (κ2) is 22.9. The van der Waals surface area contributed by atoms with Crippen LogP contribution in [0.4, 0.5) is 4.79 Å². The van der Waals surface area contributed by atoms with E-state index in [1.807, 2.05) is 30.0 Å². The predicted octanol–water partition coefficient (Wildman–Crippen LogP) is 4.41. The van der Waals surface area contributed by atoms with E-state index < -0.39 is 29.4 Å². The summed E-state index contributed by atoms with van der Waals surface area (Å²) in [5.41, 5.74) is 0.115. The quantitative estimate of drug-likeness (QED) is 0.0278. The summed E-state index contributed by atoms with van der Waals surface area (Å²) >= 11 is 1.88. The number of nitrogens with one attached hydrogen (secondary N) is 4. The van der Waals surface area contributed by atoms with Crippen molar-refractivity contribution in [2.24, 2.45) is 0 Å². The number of ether oxygens (including phenoxy) is 2. The molecule has 3 heterocycles. The Morgan fingerprint density at radius 2 is 1.40 bits per heavy atom. The van der Waals surface area contributed by atoms with Crippen molar-refractivity contribution in [1.29, 1.82) is 0 Å². The molecule has 5 N–H and O–H groups in total. The first-order valence-electron chi connectivity index (χ1n) is 21.6. The highest BCUT2D eigenvalue weighted by molar-refractivity contribution is 8.00. The van der Waals surface area contributed by atoms with Crippen LogP contribution < -0.4 is 26.0 Å². The Morgan fingerprint density at radius 3 is 2.13 bits per heavy atom. The van der Waals surface area contributed by atoms with Crippen molar-refractivity contribution in [2.75, 3.05) is 32.1 Å². The van der Waals surface area contributed by atoms with Crippen LogP contribution in [0.1, 0.15) is 104 Å². The number of aliphatic hydroxyl groups is 1. The Bertz CT molecular complexity index is 2070. The number of fused-ring (bicyclic) bond motifs is 1. The van der Waals surface area contributed by atoms with Crippen LogP contribution in [0.15, 0.2) is 78.9 Å². The summed E-state index contributed by atoms with van der Waals surface area (Å²) in [5.74, 6) is -1.34. The van der Waals surface area contributed by atoms with Gasteiger partial charge in [-0.25, -0.2) is 14.4 Å². The number of nitrogens with zero attached hydrogens (tertiary/aromatic N) is 1. The summed E-state index contributed by atoms with van der Waals surface area (Å²) in [5, 5.41) is 25.1. The van der Waals surface area contributed by atoms with Crippen molar-refractivity contribution in [3.63, 3.8) is 0 Å². The van der Waals surface area contributed by atoms with Gasteiger partial charge in [-0.15, -0.1) is 5.06 Å². The van der Waals surface area contributed by atoms with Crippen LogP contribution in [0.5, 0.6) is 5.75 Å². The molecule has 3 fully saturated rings. The van der Waals surface area contributed by atoms with E-state index in [0.717, 1.165) is 44.3 Å². The van der Waals surface area contributed by atoms with E-state index in [9.17, 15) is 38.7 Å². The molecule has 6 amide bonds. The van der Waals surface area contributed by atoms with Gasteiger partial charge >= 0.3 is 18.0 Å². The van der Waals surface area contributed by atoms with Crippen LogP contribution in [-0.2, 0) is 39.1 Å². The van der Waals surface area contributed by atoms with Gasteiger partial charge < -0.3 is 40.7 Å². The number of esters is 1. The minimum Gasteiger partial charge on any atom is -0.494 e. The Morgan fingerprint density at radius 1 is 0.730 bits per heavy atom. The molecule has 63 heavy (non-hydrogen) atoms. The number of benzene rings is 3. The molecule has 6 rings (SSSR count). The zero-order valence-corrected chi connectivity index (χ0v) is 36.0. The molecular formula is C46H55N5O11S. The fraction of sp³-hybridized carbons (Fsp3) is 0.457. The van der Waals surface area contributed by atoms with Gasteiger partial charge in [0.25, 0.3) is 11.8 Å². The van der Waals surface area contributed by atoms with E-state index in [1.54, 1.807) is 48.5 Å². The lowest BCUT2D eigenvalue weighted by atomic mass is 9.80. The van der Waals surface area contributed by atoms with E-state index >= 15 is 0 Å². The smallest absolute Gasteiger partial charge is 0.338 e. The van der Waals surface area contributed by atoms with Crippen molar-refractivity contribution >= 4 is 53.4 Å². The number of imide groups is 1. The third-order valence-corrected chi connectivity index (χ3v) is 12.6. The minimum absolute atomic E-state index is 0.0283. The molecule has 0 aromatic heterocycles. The molecule has 336 valence electrons. The molecule has 0 aliphatic carbocycles. The second-order valence-electron chi connectivity index (χ2n) is 15.7. The number of carbonyl (C=O) groups is 7. The largest absolute Gasteiger partial charge is 0.494 e. The molecular weight excluding hydrogens is 831 g/mol. The number of carbonyl (C=O) groups excluding carboxylic acids is 7. The lowest BCUT2D eigenvalue weighted by Gasteiger charge is -2.30. The van der Waals surface area contributed by atoms with Crippen LogP contribution in [0.2, 0.25) is 0 Å². The number of hydrogen-bond donors (Lipinski definition) is 5. The summed E-state index contributed by atoms with van der Waals surface area (Å²) < 4.78 is 11.2. The predicted molar refractivity (Wildman–Crippen MR) is 232 cm³/mol. The highest BCUT2D eigenvalue weighted by Crippen LogP contribution is 2.38. The summed E-state index contributed by atoms with van der Waals surface area (Å²) in [6, 6.07) is 22.7. The average molecular weight is 886 g/mol. The number of hydrogen-bond acceptors (Lipinski definition) is 12. The lowest BCUT2D eigenvalue weighted by molar-refractivity contribution is -0.197. The van der Waals surface area contributed by atoms with Gasteiger partial charge in [0.05, 0.1) is 30.7 Å². The second-order valence-corrected chi connectivity index (χ2v) is 17.0. The molecule has 3 aromatic carbocycles. The van der Waals surface area contributed by atoms with Crippen molar-refractivity contribution < 1.29 is 53.0 Å². The van der Waals surface area contributed by atoms with Gasteiger partial charge in [0, 0.05) is 49.8 Å². The molecule has 0 spiro atoms. The Kier molecular flexibility index (Phi) is 17.0. The van der Waals surface area contributed by atoms with Crippen LogP contribution in [0.25, 0.3) is 0 Å². The monoisotopic (exact) mass is 885 g/mol. The number of thioether (sulfide) groups is 1. The first-order chi connectivity index (χ1) is 30.5. The molecule has 0 bridgehead atoms. The first kappa shape index (κ1) is 46.6. The SMILES string of the molecule is O=C(CCCC[C@H]1SCC2NC(=O)NC21)NCCCCCC(=O)NCCCOc1cccc(C(O)(c2ccccc2)c2ccc(C(=O)OCCC(=O)ON3C(=O)CCC3=O)cc2)c1. The van der Waals surface area contributed by atoms with Gasteiger partial charge in [0.1, 0.15) is 18.0 Å². The summed E-state index contributed by atoms with van der Waals surface area (Å²) in [7, 11) is 0. The highest BCUT2D eigenvalue weighted by atomic mass is 32.2. The number of amides is 6. The third kappa shape index (κ3) is 13.0. The molecule has 3 saturated heterocycles. The molecule has 3 aromatic rings. The van der Waals surface area contributed by atoms with Gasteiger partial charge in [-0.1, -0.05) is 67.4 Å². The van der Waals surface area contributed by atoms with E-state index in [1.165, 1.54) is 12.1 Å². The normalized spacial score (nSPS) is 18.8. The highest BCUT2D eigenvalue weighted by Gasteiger charge is 2.42. The topological polar surface area (TPSA) is 219 Å². The van der Waals surface area contributed by atoms with E-state index in [-0.39, 0.29) is 61.4 Å². The summed E-state index contributed by atoms with van der Waals surface area (Å²) in [6.45, 7) is 1.02. The van der Waals surface area contributed by atoms with E-state index in [4.69, 9.17) is 14.3 Å². The number of urea groups is 1. The zero-order valence-electron chi connectivity index (χ0n) is 35.1. The maximum absolute atomic E-state index is 12.8. The summed E-state index contributed by atoms with van der Waals surface area (Å²) in [6.07, 6.45) is 6.15. The van der Waals surface area contributed by atoms with Crippen molar-refractivity contribution in [1.82, 2.24) is 26.3 Å². The Hall–Kier alpha value is -5.94. The van der Waals surface area contributed by atoms with Crippen LogP contribution in [-0.4, -0.2) is 101 Å². The van der Waals surface area contributed by atoms with Gasteiger partial charge in [-0.05, 0) is 73.1 Å². The van der Waals surface area contributed by atoms with Crippen LogP contribution in [0, 0.1) is 0 Å². The molecule has 3 unspecified atom stereocenters. The third-order valence-electron chi connectivity index (χ3n) is 11.1. The van der Waals surface area contributed by atoms with Crippen LogP contribution >= 0.6 is 11.8 Å². The lowest BCUT2D eigenvalue weighted by Crippen LogP contribution is -2.36. The van der Waals surface area contributed by atoms with Gasteiger partial charge in [0.15, 0.2) is 0 Å². The number of hydroxylamine groups is 2. The Labute approximate surface area is 370 Å². The minimum atomic E-state index is -1.63. The van der Waals surface area contributed by atoms with Crippen molar-refractivity contribution in [3.05, 3.63) is 101 Å². The molecule has 3 aliphatic heterocycles. The Balaban J connectivity index is 0.866. The van der Waals surface area contributed by atoms with Crippen LogP contribution in [0.3, 0.4) is 0 Å². The van der Waals surface area contributed by atoms with Crippen molar-refractivity contribution in [3.8, 4) is 5.75 Å². The zero-order chi connectivity index (χ0) is 44.6. The molecule has 3 aliphatic rings. The van der Waals surface area contributed by atoms with Gasteiger partial charge in [-0.3, -0.25) is 19.2 Å². The summed E-state index contributed by atoms with van der Waals surface area (Å²) in [4.78, 5) is 89.2. The maximum atomic E-state index is 12.8. The number of unbranched alkanes of at least 4 members (excludes halogenated alkanes) is 3. The molecule has 0 radical (unpaired) electrons. The van der Waals surface area contributed by atoms with E-state index in [2.05, 4.69) is 21.3 Å². The molecule has 0 saturated carbocycles. The average Bonchev–Trinajstić information content (AvgIpc) is 3.96. The fourth-order valence-electron chi connectivity index (χ4n) is 7.71.